The Morgan fingerprint density at radius 3 is 2.83 bits per heavy atom. The fourth-order valence-electron chi connectivity index (χ4n) is 3.52. The number of nitrogen functional groups attached to an aromatic ring is 1. The molecule has 0 atom stereocenters. The summed E-state index contributed by atoms with van der Waals surface area (Å²) in [6, 6.07) is 6.40. The molecule has 2 aromatic rings. The van der Waals surface area contributed by atoms with Crippen LogP contribution >= 0.6 is 27.5 Å². The van der Waals surface area contributed by atoms with Crippen LogP contribution in [0.4, 0.5) is 5.95 Å². The lowest BCUT2D eigenvalue weighted by Gasteiger charge is -2.33. The number of benzene rings is 1. The lowest BCUT2D eigenvalue weighted by molar-refractivity contribution is 0.0662. The molecule has 1 saturated heterocycles. The summed E-state index contributed by atoms with van der Waals surface area (Å²) in [5.74, 6) is 0.231. The monoisotopic (exact) mass is 391 g/mol. The predicted molar refractivity (Wildman–Crippen MR) is 94.4 cm³/mol. The van der Waals surface area contributed by atoms with Crippen molar-refractivity contribution in [3.05, 3.63) is 56.8 Å². The third-order valence-electron chi connectivity index (χ3n) is 4.63. The normalized spacial score (nSPS) is 18.8. The summed E-state index contributed by atoms with van der Waals surface area (Å²) >= 11 is 9.92. The highest BCUT2D eigenvalue weighted by atomic mass is 79.9. The van der Waals surface area contributed by atoms with Crippen LogP contribution < -0.4 is 5.73 Å². The highest BCUT2D eigenvalue weighted by molar-refractivity contribution is 9.10. The van der Waals surface area contributed by atoms with Crippen LogP contribution in [0.25, 0.3) is 5.57 Å². The van der Waals surface area contributed by atoms with Crippen LogP contribution in [-0.2, 0) is 10.2 Å². The number of aromatic nitrogens is 2. The number of nitrogens with zero attached hydrogens (tertiary/aromatic N) is 2. The second kappa shape index (κ2) is 5.58. The Balaban J connectivity index is 1.94. The number of fused-ring (bicyclic) bond motifs is 2. The van der Waals surface area contributed by atoms with Crippen molar-refractivity contribution in [2.75, 3.05) is 18.9 Å². The molecular formula is C17H15BrClN3O. The minimum atomic E-state index is -0.00728. The van der Waals surface area contributed by atoms with E-state index in [1.165, 1.54) is 5.56 Å². The van der Waals surface area contributed by atoms with Crippen molar-refractivity contribution in [3.63, 3.8) is 0 Å². The van der Waals surface area contributed by atoms with Gasteiger partial charge >= 0.3 is 0 Å². The minimum Gasteiger partial charge on any atom is -0.381 e. The quantitative estimate of drug-likeness (QED) is 0.798. The van der Waals surface area contributed by atoms with Gasteiger partial charge in [0.2, 0.25) is 5.95 Å². The Morgan fingerprint density at radius 1 is 1.26 bits per heavy atom. The number of hydrogen-bond acceptors (Lipinski definition) is 4. The van der Waals surface area contributed by atoms with Crippen LogP contribution in [0.5, 0.6) is 0 Å². The first-order valence-corrected chi connectivity index (χ1v) is 8.66. The molecule has 0 saturated carbocycles. The van der Waals surface area contributed by atoms with Crippen molar-refractivity contribution < 1.29 is 4.74 Å². The molecule has 1 aromatic heterocycles. The first-order valence-electron chi connectivity index (χ1n) is 7.48. The second-order valence-corrected chi connectivity index (χ2v) is 7.26. The highest BCUT2D eigenvalue weighted by Gasteiger charge is 2.40. The molecule has 0 bridgehead atoms. The van der Waals surface area contributed by atoms with Crippen molar-refractivity contribution in [2.24, 2.45) is 0 Å². The van der Waals surface area contributed by atoms with Gasteiger partial charge in [-0.25, -0.2) is 9.97 Å². The zero-order valence-electron chi connectivity index (χ0n) is 12.4. The molecule has 4 nitrogen and oxygen atoms in total. The summed E-state index contributed by atoms with van der Waals surface area (Å²) in [4.78, 5) is 8.35. The van der Waals surface area contributed by atoms with Gasteiger partial charge in [-0.15, -0.1) is 0 Å². The van der Waals surface area contributed by atoms with Gasteiger partial charge in [-0.3, -0.25) is 0 Å². The summed E-state index contributed by atoms with van der Waals surface area (Å²) in [6.07, 6.45) is 5.78. The number of nitrogens with two attached hydrogens (primary N) is 1. The van der Waals surface area contributed by atoms with Crippen molar-refractivity contribution in [1.29, 1.82) is 0 Å². The summed E-state index contributed by atoms with van der Waals surface area (Å²) < 4.78 is 6.60. The average molecular weight is 393 g/mol. The van der Waals surface area contributed by atoms with Crippen LogP contribution in [0, 0.1) is 0 Å². The first kappa shape index (κ1) is 15.1. The van der Waals surface area contributed by atoms with Gasteiger partial charge in [-0.2, -0.15) is 0 Å². The van der Waals surface area contributed by atoms with Gasteiger partial charge in [0.05, 0.1) is 16.9 Å². The Bertz CT molecular complexity index is 815. The number of hydrogen-bond donors (Lipinski definition) is 1. The van der Waals surface area contributed by atoms with Crippen LogP contribution in [0.15, 0.2) is 34.9 Å². The maximum absolute atomic E-state index is 6.35. The highest BCUT2D eigenvalue weighted by Crippen LogP contribution is 2.49. The molecule has 6 heteroatoms. The number of ether oxygens (including phenoxy) is 1. The summed E-state index contributed by atoms with van der Waals surface area (Å²) in [5.41, 5.74) is 9.96. The van der Waals surface area contributed by atoms with E-state index in [2.05, 4.69) is 50.2 Å². The van der Waals surface area contributed by atoms with E-state index in [1.807, 2.05) is 0 Å². The lowest BCUT2D eigenvalue weighted by Crippen LogP contribution is -2.30. The third kappa shape index (κ3) is 2.47. The molecule has 1 aromatic carbocycles. The number of anilines is 1. The third-order valence-corrected chi connectivity index (χ3v) is 5.40. The summed E-state index contributed by atoms with van der Waals surface area (Å²) in [7, 11) is 0. The van der Waals surface area contributed by atoms with E-state index in [0.717, 1.165) is 41.7 Å². The van der Waals surface area contributed by atoms with E-state index < -0.39 is 0 Å². The number of allylic oxidation sites excluding steroid dienone is 1. The smallest absolute Gasteiger partial charge is 0.220 e. The standard InChI is InChI=1S/C17H15BrClN3O/c18-10-1-2-13-11(7-10)12(8-17(13)3-5-23-6-4-17)15-14(19)9-21-16(20)22-15/h1-2,7-9H,3-6H2,(H2,20,21,22). The Hall–Kier alpha value is -1.43. The van der Waals surface area contributed by atoms with E-state index >= 15 is 0 Å². The van der Waals surface area contributed by atoms with Crippen LogP contribution in [0.3, 0.4) is 0 Å². The van der Waals surface area contributed by atoms with Gasteiger partial charge in [0.1, 0.15) is 0 Å². The van der Waals surface area contributed by atoms with E-state index in [9.17, 15) is 0 Å². The molecule has 0 amide bonds. The Morgan fingerprint density at radius 2 is 2.04 bits per heavy atom. The maximum Gasteiger partial charge on any atom is 0.220 e. The van der Waals surface area contributed by atoms with E-state index in [1.54, 1.807) is 6.20 Å². The SMILES string of the molecule is Nc1ncc(Cl)c(C2=CC3(CCOCC3)c3ccc(Br)cc32)n1. The Labute approximate surface area is 147 Å². The molecule has 2 heterocycles. The van der Waals surface area contributed by atoms with E-state index in [4.69, 9.17) is 22.1 Å². The molecule has 2 aliphatic rings. The van der Waals surface area contributed by atoms with Gasteiger partial charge in [0.15, 0.2) is 0 Å². The number of rotatable bonds is 1. The van der Waals surface area contributed by atoms with Crippen molar-refractivity contribution in [2.45, 2.75) is 18.3 Å². The summed E-state index contributed by atoms with van der Waals surface area (Å²) in [6.45, 7) is 1.53. The first-order chi connectivity index (χ1) is 11.1. The fraction of sp³-hybridized carbons (Fsp3) is 0.294. The average Bonchev–Trinajstić information content (AvgIpc) is 2.84. The van der Waals surface area contributed by atoms with Crippen LogP contribution in [0.1, 0.15) is 29.7 Å². The van der Waals surface area contributed by atoms with Gasteiger partial charge in [-0.05, 0) is 36.1 Å². The van der Waals surface area contributed by atoms with Gasteiger partial charge in [0, 0.05) is 28.7 Å². The second-order valence-electron chi connectivity index (χ2n) is 5.94. The number of halogens is 2. The van der Waals surface area contributed by atoms with Crippen molar-refractivity contribution in [1.82, 2.24) is 9.97 Å². The largest absolute Gasteiger partial charge is 0.381 e. The summed E-state index contributed by atoms with van der Waals surface area (Å²) in [5, 5.41) is 0.514. The van der Waals surface area contributed by atoms with Crippen LogP contribution in [-0.4, -0.2) is 23.2 Å². The predicted octanol–water partition coefficient (Wildman–Crippen LogP) is 3.97. The van der Waals surface area contributed by atoms with Crippen molar-refractivity contribution >= 4 is 39.1 Å². The molecule has 118 valence electrons. The maximum atomic E-state index is 6.35. The zero-order valence-corrected chi connectivity index (χ0v) is 14.7. The molecule has 1 fully saturated rings. The molecule has 0 radical (unpaired) electrons. The molecule has 0 unspecified atom stereocenters. The van der Waals surface area contributed by atoms with E-state index in [0.29, 0.717) is 10.7 Å². The minimum absolute atomic E-state index is 0.00728. The molecule has 4 rings (SSSR count). The van der Waals surface area contributed by atoms with Gasteiger partial charge in [-0.1, -0.05) is 39.7 Å². The molecule has 1 spiro atoms. The van der Waals surface area contributed by atoms with Gasteiger partial charge < -0.3 is 10.5 Å². The molecular weight excluding hydrogens is 378 g/mol. The molecule has 1 aliphatic carbocycles. The fourth-order valence-corrected chi connectivity index (χ4v) is 4.07. The zero-order chi connectivity index (χ0) is 16.0. The lowest BCUT2D eigenvalue weighted by atomic mass is 9.76. The topological polar surface area (TPSA) is 61.0 Å². The van der Waals surface area contributed by atoms with Gasteiger partial charge in [0.25, 0.3) is 0 Å². The molecule has 23 heavy (non-hydrogen) atoms. The Kier molecular flexibility index (Phi) is 3.67. The van der Waals surface area contributed by atoms with Crippen LogP contribution in [0.2, 0.25) is 5.02 Å². The molecule has 1 aliphatic heterocycles. The van der Waals surface area contributed by atoms with Crippen molar-refractivity contribution in [3.8, 4) is 0 Å². The van der Waals surface area contributed by atoms with E-state index in [-0.39, 0.29) is 11.4 Å². The molecule has 2 N–H and O–H groups in total.